The van der Waals surface area contributed by atoms with Gasteiger partial charge in [-0.05, 0) is 49.7 Å². The average molecular weight is 305 g/mol. The van der Waals surface area contributed by atoms with E-state index in [1.165, 1.54) is 16.7 Å². The number of nitrogens with one attached hydrogen (secondary N) is 1. The van der Waals surface area contributed by atoms with Crippen LogP contribution in [0.2, 0.25) is 0 Å². The lowest BCUT2D eigenvalue weighted by Crippen LogP contribution is -2.18. The van der Waals surface area contributed by atoms with Crippen LogP contribution in [0, 0.1) is 13.8 Å². The summed E-state index contributed by atoms with van der Waals surface area (Å²) in [7, 11) is 1.97. The van der Waals surface area contributed by atoms with Gasteiger partial charge in [0.15, 0.2) is 0 Å². The quantitative estimate of drug-likeness (QED) is 0.933. The molecular formula is C15H17BrN2. The zero-order valence-electron chi connectivity index (χ0n) is 10.9. The van der Waals surface area contributed by atoms with Crippen molar-refractivity contribution in [3.63, 3.8) is 0 Å². The normalized spacial score (nSPS) is 12.4. The van der Waals surface area contributed by atoms with Gasteiger partial charge in [0, 0.05) is 16.4 Å². The molecule has 1 heterocycles. The van der Waals surface area contributed by atoms with E-state index < -0.39 is 0 Å². The van der Waals surface area contributed by atoms with Crippen LogP contribution < -0.4 is 5.32 Å². The predicted octanol–water partition coefficient (Wildman–Crippen LogP) is 3.77. The van der Waals surface area contributed by atoms with Crippen LogP contribution in [-0.2, 0) is 0 Å². The molecule has 0 saturated heterocycles. The Bertz CT molecular complexity index is 535. The summed E-state index contributed by atoms with van der Waals surface area (Å²) in [4.78, 5) is 4.36. The van der Waals surface area contributed by atoms with Crippen LogP contribution in [0.25, 0.3) is 0 Å². The molecule has 0 saturated carbocycles. The first-order valence-corrected chi connectivity index (χ1v) is 6.77. The van der Waals surface area contributed by atoms with Gasteiger partial charge >= 0.3 is 0 Å². The number of hydrogen-bond donors (Lipinski definition) is 1. The maximum absolute atomic E-state index is 4.36. The van der Waals surface area contributed by atoms with Crippen LogP contribution in [0.15, 0.2) is 41.0 Å². The van der Waals surface area contributed by atoms with Gasteiger partial charge in [-0.1, -0.05) is 34.1 Å². The van der Waals surface area contributed by atoms with E-state index in [2.05, 4.69) is 57.4 Å². The number of nitrogens with zero attached hydrogens (tertiary/aromatic N) is 1. The molecule has 94 valence electrons. The van der Waals surface area contributed by atoms with Gasteiger partial charge < -0.3 is 5.32 Å². The first-order chi connectivity index (χ1) is 8.61. The molecule has 18 heavy (non-hydrogen) atoms. The van der Waals surface area contributed by atoms with Gasteiger partial charge in [0.1, 0.15) is 0 Å². The van der Waals surface area contributed by atoms with Crippen molar-refractivity contribution in [3.8, 4) is 0 Å². The highest BCUT2D eigenvalue weighted by atomic mass is 79.9. The Kier molecular flexibility index (Phi) is 4.15. The molecule has 0 aliphatic heterocycles. The Morgan fingerprint density at radius 1 is 1.11 bits per heavy atom. The summed E-state index contributed by atoms with van der Waals surface area (Å²) >= 11 is 3.53. The van der Waals surface area contributed by atoms with E-state index in [1.807, 2.05) is 26.2 Å². The summed E-state index contributed by atoms with van der Waals surface area (Å²) in [5.74, 6) is 0. The molecule has 0 spiro atoms. The van der Waals surface area contributed by atoms with E-state index in [1.54, 1.807) is 0 Å². The monoisotopic (exact) mass is 304 g/mol. The molecule has 0 radical (unpaired) electrons. The van der Waals surface area contributed by atoms with Crippen molar-refractivity contribution in [2.75, 3.05) is 7.05 Å². The zero-order valence-corrected chi connectivity index (χ0v) is 12.5. The molecule has 2 nitrogen and oxygen atoms in total. The van der Waals surface area contributed by atoms with Gasteiger partial charge in [-0.3, -0.25) is 4.98 Å². The second-order valence-corrected chi connectivity index (χ2v) is 5.32. The molecular weight excluding hydrogens is 288 g/mol. The number of halogens is 1. The topological polar surface area (TPSA) is 24.9 Å². The lowest BCUT2D eigenvalue weighted by molar-refractivity contribution is 0.687. The van der Waals surface area contributed by atoms with Crippen LogP contribution in [0.1, 0.15) is 28.4 Å². The number of aryl methyl sites for hydroxylation is 2. The third kappa shape index (κ3) is 2.79. The van der Waals surface area contributed by atoms with Crippen LogP contribution in [0.5, 0.6) is 0 Å². The van der Waals surface area contributed by atoms with E-state index in [0.29, 0.717) is 0 Å². The summed E-state index contributed by atoms with van der Waals surface area (Å²) in [5, 5.41) is 3.35. The highest BCUT2D eigenvalue weighted by molar-refractivity contribution is 9.10. The third-order valence-electron chi connectivity index (χ3n) is 3.07. The standard InChI is InChI=1S/C15H17BrN2/c1-10-8-12(6-7-14(10)16)15(17-3)13-5-4-11(2)18-9-13/h4-9,15,17H,1-3H3. The highest BCUT2D eigenvalue weighted by Crippen LogP contribution is 2.25. The molecule has 1 atom stereocenters. The molecule has 0 fully saturated rings. The fourth-order valence-electron chi connectivity index (χ4n) is 2.02. The van der Waals surface area contributed by atoms with E-state index in [4.69, 9.17) is 0 Å². The van der Waals surface area contributed by atoms with Crippen molar-refractivity contribution in [3.05, 3.63) is 63.4 Å². The lowest BCUT2D eigenvalue weighted by Gasteiger charge is -2.18. The number of pyridine rings is 1. The van der Waals surface area contributed by atoms with E-state index >= 15 is 0 Å². The molecule has 0 aliphatic rings. The summed E-state index contributed by atoms with van der Waals surface area (Å²) in [6.45, 7) is 4.11. The Morgan fingerprint density at radius 2 is 1.83 bits per heavy atom. The van der Waals surface area contributed by atoms with Crippen molar-refractivity contribution in [1.29, 1.82) is 0 Å². The first-order valence-electron chi connectivity index (χ1n) is 5.97. The molecule has 0 amide bonds. The van der Waals surface area contributed by atoms with Crippen molar-refractivity contribution >= 4 is 15.9 Å². The SMILES string of the molecule is CNC(c1ccc(C)nc1)c1ccc(Br)c(C)c1. The van der Waals surface area contributed by atoms with E-state index in [0.717, 1.165) is 10.2 Å². The Morgan fingerprint density at radius 3 is 2.39 bits per heavy atom. The maximum Gasteiger partial charge on any atom is 0.0589 e. The molecule has 1 aromatic heterocycles. The van der Waals surface area contributed by atoms with Crippen LogP contribution in [-0.4, -0.2) is 12.0 Å². The van der Waals surface area contributed by atoms with Crippen molar-refractivity contribution < 1.29 is 0 Å². The van der Waals surface area contributed by atoms with Gasteiger partial charge in [-0.2, -0.15) is 0 Å². The maximum atomic E-state index is 4.36. The summed E-state index contributed by atoms with van der Waals surface area (Å²) < 4.78 is 1.14. The second kappa shape index (κ2) is 5.63. The smallest absolute Gasteiger partial charge is 0.0589 e. The predicted molar refractivity (Wildman–Crippen MR) is 78.8 cm³/mol. The van der Waals surface area contributed by atoms with Gasteiger partial charge in [0.2, 0.25) is 0 Å². The molecule has 1 N–H and O–H groups in total. The largest absolute Gasteiger partial charge is 0.309 e. The third-order valence-corrected chi connectivity index (χ3v) is 3.96. The Balaban J connectivity index is 2.38. The fraction of sp³-hybridized carbons (Fsp3) is 0.267. The first kappa shape index (κ1) is 13.2. The number of hydrogen-bond acceptors (Lipinski definition) is 2. The van der Waals surface area contributed by atoms with Gasteiger partial charge in [0.25, 0.3) is 0 Å². The van der Waals surface area contributed by atoms with E-state index in [-0.39, 0.29) is 6.04 Å². The minimum Gasteiger partial charge on any atom is -0.309 e. The summed E-state index contributed by atoms with van der Waals surface area (Å²) in [5.41, 5.74) is 4.72. The average Bonchev–Trinajstić information content (AvgIpc) is 2.37. The zero-order chi connectivity index (χ0) is 13.1. The van der Waals surface area contributed by atoms with Gasteiger partial charge in [-0.15, -0.1) is 0 Å². The molecule has 2 rings (SSSR count). The minimum atomic E-state index is 0.185. The summed E-state index contributed by atoms with van der Waals surface area (Å²) in [6, 6.07) is 10.8. The number of rotatable bonds is 3. The molecule has 1 aromatic carbocycles. The molecule has 2 aromatic rings. The van der Waals surface area contributed by atoms with Gasteiger partial charge in [-0.25, -0.2) is 0 Å². The van der Waals surface area contributed by atoms with Crippen molar-refractivity contribution in [1.82, 2.24) is 10.3 Å². The highest BCUT2D eigenvalue weighted by Gasteiger charge is 2.12. The van der Waals surface area contributed by atoms with Crippen LogP contribution in [0.4, 0.5) is 0 Å². The molecule has 0 bridgehead atoms. The lowest BCUT2D eigenvalue weighted by atomic mass is 9.98. The van der Waals surface area contributed by atoms with Crippen molar-refractivity contribution in [2.45, 2.75) is 19.9 Å². The van der Waals surface area contributed by atoms with Crippen molar-refractivity contribution in [2.24, 2.45) is 0 Å². The van der Waals surface area contributed by atoms with Gasteiger partial charge in [0.05, 0.1) is 6.04 Å². The molecule has 1 unspecified atom stereocenters. The summed E-state index contributed by atoms with van der Waals surface area (Å²) in [6.07, 6.45) is 1.94. The fourth-order valence-corrected chi connectivity index (χ4v) is 2.27. The second-order valence-electron chi connectivity index (χ2n) is 4.46. The number of aromatic nitrogens is 1. The van der Waals surface area contributed by atoms with Crippen LogP contribution in [0.3, 0.4) is 0 Å². The van der Waals surface area contributed by atoms with E-state index in [9.17, 15) is 0 Å². The van der Waals surface area contributed by atoms with Crippen LogP contribution >= 0.6 is 15.9 Å². The molecule has 3 heteroatoms. The minimum absolute atomic E-state index is 0.185. The Labute approximate surface area is 117 Å². The Hall–Kier alpha value is -1.19. The number of benzene rings is 1. The molecule has 0 aliphatic carbocycles.